The van der Waals surface area contributed by atoms with Crippen LogP contribution in [0, 0.1) is 0 Å². The minimum Gasteiger partial charge on any atom is -0.480 e. The highest BCUT2D eigenvalue weighted by Crippen LogP contribution is 2.37. The van der Waals surface area contributed by atoms with Gasteiger partial charge in [0, 0.05) is 22.9 Å². The summed E-state index contributed by atoms with van der Waals surface area (Å²) in [5.74, 6) is -0.595. The van der Waals surface area contributed by atoms with E-state index in [0.717, 1.165) is 34.9 Å². The molecule has 0 saturated heterocycles. The Morgan fingerprint density at radius 3 is 2.67 bits per heavy atom. The zero-order chi connectivity index (χ0) is 19.4. The molecule has 0 unspecified atom stereocenters. The number of carbonyl (C=O) groups excluding carboxylic acids is 1. The number of aromatic amines is 1. The molecule has 1 aromatic heterocycles. The smallest absolute Gasteiger partial charge is 0.320 e. The molecule has 3 aromatic rings. The zero-order valence-corrected chi connectivity index (χ0v) is 15.2. The number of hydrogen-bond donors (Lipinski definition) is 4. The quantitative estimate of drug-likeness (QED) is 0.459. The van der Waals surface area contributed by atoms with Gasteiger partial charge in [0.25, 0.3) is 0 Å². The van der Waals surface area contributed by atoms with E-state index in [1.807, 2.05) is 30.3 Å². The molecule has 0 radical (unpaired) electrons. The van der Waals surface area contributed by atoms with E-state index in [2.05, 4.69) is 29.4 Å². The summed E-state index contributed by atoms with van der Waals surface area (Å²) in [4.78, 5) is 25.5. The molecule has 6 heteroatoms. The van der Waals surface area contributed by atoms with Crippen LogP contribution in [0.25, 0.3) is 22.0 Å². The largest absolute Gasteiger partial charge is 0.480 e. The molecule has 1 atom stereocenters. The van der Waals surface area contributed by atoms with Crippen molar-refractivity contribution in [2.75, 3.05) is 5.32 Å². The minimum atomic E-state index is -1.08. The van der Waals surface area contributed by atoms with E-state index in [4.69, 9.17) is 5.73 Å². The number of carbonyl (C=O) groups is 2. The van der Waals surface area contributed by atoms with Crippen LogP contribution in [0.15, 0.2) is 42.5 Å². The molecule has 6 nitrogen and oxygen atoms in total. The van der Waals surface area contributed by atoms with Crippen LogP contribution < -0.4 is 11.1 Å². The number of hydrogen-bond acceptors (Lipinski definition) is 3. The lowest BCUT2D eigenvalue weighted by Crippen LogP contribution is -2.32. The molecule has 0 spiro atoms. The number of amides is 1. The lowest BCUT2D eigenvalue weighted by Gasteiger charge is -2.13. The van der Waals surface area contributed by atoms with Crippen LogP contribution in [0.2, 0.25) is 0 Å². The molecular formula is C21H23N3O3. The molecule has 0 bridgehead atoms. The van der Waals surface area contributed by atoms with E-state index in [-0.39, 0.29) is 6.42 Å². The molecule has 0 aliphatic rings. The molecule has 27 heavy (non-hydrogen) atoms. The standard InChI is InChI=1S/C21H23N3O3/c1-2-6-13-7-3-4-8-14(13)15-9-5-10-18-19(15)16(11-17(22)21(26)27)20(24-18)23-12-25/h3-5,7-10,12,17,24H,2,6,11,22H2,1H3,(H,23,25)(H,26,27)/t17-/m0/s1. The number of anilines is 1. The summed E-state index contributed by atoms with van der Waals surface area (Å²) < 4.78 is 0. The predicted molar refractivity (Wildman–Crippen MR) is 107 cm³/mol. The van der Waals surface area contributed by atoms with Crippen LogP contribution >= 0.6 is 0 Å². The van der Waals surface area contributed by atoms with Crippen molar-refractivity contribution >= 4 is 29.1 Å². The molecule has 0 saturated carbocycles. The van der Waals surface area contributed by atoms with Crippen molar-refractivity contribution in [1.29, 1.82) is 0 Å². The Bertz CT molecular complexity index is 978. The lowest BCUT2D eigenvalue weighted by molar-refractivity contribution is -0.138. The number of aliphatic carboxylic acids is 1. The van der Waals surface area contributed by atoms with Crippen molar-refractivity contribution in [1.82, 2.24) is 4.98 Å². The van der Waals surface area contributed by atoms with Crippen molar-refractivity contribution in [2.24, 2.45) is 5.73 Å². The van der Waals surface area contributed by atoms with Gasteiger partial charge in [0.2, 0.25) is 6.41 Å². The Kier molecular flexibility index (Phi) is 5.57. The molecule has 0 aliphatic heterocycles. The maximum Gasteiger partial charge on any atom is 0.320 e. The van der Waals surface area contributed by atoms with Crippen LogP contribution in [-0.2, 0) is 22.4 Å². The second-order valence-electron chi connectivity index (χ2n) is 6.52. The predicted octanol–water partition coefficient (Wildman–Crippen LogP) is 3.31. The van der Waals surface area contributed by atoms with E-state index < -0.39 is 12.0 Å². The van der Waals surface area contributed by atoms with Gasteiger partial charge in [0.1, 0.15) is 11.9 Å². The van der Waals surface area contributed by atoms with E-state index in [9.17, 15) is 14.7 Å². The van der Waals surface area contributed by atoms with Gasteiger partial charge in [-0.25, -0.2) is 0 Å². The third-order valence-corrected chi connectivity index (χ3v) is 4.70. The molecule has 0 fully saturated rings. The van der Waals surface area contributed by atoms with Gasteiger partial charge >= 0.3 is 5.97 Å². The molecule has 0 aliphatic carbocycles. The summed E-state index contributed by atoms with van der Waals surface area (Å²) in [6.07, 6.45) is 2.65. The summed E-state index contributed by atoms with van der Waals surface area (Å²) in [5, 5.41) is 12.8. The van der Waals surface area contributed by atoms with Crippen LogP contribution in [0.4, 0.5) is 5.82 Å². The Hall–Kier alpha value is -3.12. The average Bonchev–Trinajstić information content (AvgIpc) is 3.00. The highest BCUT2D eigenvalue weighted by atomic mass is 16.4. The molecule has 1 amide bonds. The average molecular weight is 365 g/mol. The SMILES string of the molecule is CCCc1ccccc1-c1cccc2[nH]c(NC=O)c(C[C@H](N)C(=O)O)c12. The monoisotopic (exact) mass is 365 g/mol. The number of carboxylic acids is 1. The Balaban J connectivity index is 2.25. The number of fused-ring (bicyclic) bond motifs is 1. The fourth-order valence-corrected chi connectivity index (χ4v) is 3.51. The Morgan fingerprint density at radius 1 is 1.22 bits per heavy atom. The van der Waals surface area contributed by atoms with Gasteiger partial charge in [-0.2, -0.15) is 0 Å². The number of aromatic nitrogens is 1. The number of H-pyrrole nitrogens is 1. The van der Waals surface area contributed by atoms with E-state index in [1.165, 1.54) is 5.56 Å². The van der Waals surface area contributed by atoms with Gasteiger partial charge in [-0.3, -0.25) is 9.59 Å². The van der Waals surface area contributed by atoms with E-state index in [1.54, 1.807) is 0 Å². The Labute approximate surface area is 157 Å². The second kappa shape index (κ2) is 8.05. The molecular weight excluding hydrogens is 342 g/mol. The summed E-state index contributed by atoms with van der Waals surface area (Å²) in [6, 6.07) is 13.0. The normalized spacial score (nSPS) is 12.1. The number of nitrogens with two attached hydrogens (primary N) is 1. The zero-order valence-electron chi connectivity index (χ0n) is 15.2. The summed E-state index contributed by atoms with van der Waals surface area (Å²) in [6.45, 7) is 2.14. The van der Waals surface area contributed by atoms with Crippen molar-refractivity contribution in [3.8, 4) is 11.1 Å². The van der Waals surface area contributed by atoms with Gasteiger partial charge in [0.15, 0.2) is 0 Å². The summed E-state index contributed by atoms with van der Waals surface area (Å²) in [7, 11) is 0. The van der Waals surface area contributed by atoms with Crippen molar-refractivity contribution in [2.45, 2.75) is 32.2 Å². The number of rotatable bonds is 8. The fourth-order valence-electron chi connectivity index (χ4n) is 3.51. The third-order valence-electron chi connectivity index (χ3n) is 4.70. The first kappa shape index (κ1) is 18.7. The summed E-state index contributed by atoms with van der Waals surface area (Å²) in [5.41, 5.74) is 10.7. The lowest BCUT2D eigenvalue weighted by atomic mass is 9.92. The first-order valence-corrected chi connectivity index (χ1v) is 8.97. The molecule has 3 rings (SSSR count). The molecule has 2 aromatic carbocycles. The third kappa shape index (κ3) is 3.71. The maximum atomic E-state index is 11.3. The van der Waals surface area contributed by atoms with E-state index >= 15 is 0 Å². The van der Waals surface area contributed by atoms with Crippen molar-refractivity contribution < 1.29 is 14.7 Å². The highest BCUT2D eigenvalue weighted by molar-refractivity contribution is 6.02. The van der Waals surface area contributed by atoms with E-state index in [0.29, 0.717) is 17.8 Å². The molecule has 1 heterocycles. The number of benzene rings is 2. The number of carboxylic acid groups (broad SMARTS) is 1. The first-order valence-electron chi connectivity index (χ1n) is 8.97. The highest BCUT2D eigenvalue weighted by Gasteiger charge is 2.21. The maximum absolute atomic E-state index is 11.3. The number of nitrogens with one attached hydrogen (secondary N) is 2. The van der Waals surface area contributed by atoms with Gasteiger partial charge in [-0.1, -0.05) is 49.7 Å². The second-order valence-corrected chi connectivity index (χ2v) is 6.52. The molecule has 5 N–H and O–H groups in total. The Morgan fingerprint density at radius 2 is 1.96 bits per heavy atom. The molecule has 140 valence electrons. The van der Waals surface area contributed by atoms with Crippen molar-refractivity contribution in [3.05, 3.63) is 53.6 Å². The van der Waals surface area contributed by atoms with Gasteiger partial charge < -0.3 is 21.1 Å². The fraction of sp³-hybridized carbons (Fsp3) is 0.238. The van der Waals surface area contributed by atoms with Gasteiger partial charge in [-0.05, 0) is 29.2 Å². The number of aryl methyl sites for hydroxylation is 1. The minimum absolute atomic E-state index is 0.110. The van der Waals surface area contributed by atoms with Crippen LogP contribution in [-0.4, -0.2) is 28.5 Å². The van der Waals surface area contributed by atoms with Gasteiger partial charge in [0.05, 0.1) is 0 Å². The van der Waals surface area contributed by atoms with Crippen molar-refractivity contribution in [3.63, 3.8) is 0 Å². The van der Waals surface area contributed by atoms with Crippen LogP contribution in [0.3, 0.4) is 0 Å². The summed E-state index contributed by atoms with van der Waals surface area (Å²) >= 11 is 0. The van der Waals surface area contributed by atoms with Gasteiger partial charge in [-0.15, -0.1) is 0 Å². The van der Waals surface area contributed by atoms with Crippen LogP contribution in [0.1, 0.15) is 24.5 Å². The topological polar surface area (TPSA) is 108 Å². The van der Waals surface area contributed by atoms with Crippen LogP contribution in [0.5, 0.6) is 0 Å². The first-order chi connectivity index (χ1) is 13.1.